The summed E-state index contributed by atoms with van der Waals surface area (Å²) >= 11 is 0. The molecule has 4 N–H and O–H groups in total. The molecular formula is C30H35FN4O7. The number of ether oxygens (including phenoxy) is 3. The number of hydrogen-bond acceptors (Lipinski definition) is 9. The van der Waals surface area contributed by atoms with Gasteiger partial charge in [-0.05, 0) is 32.4 Å². The highest BCUT2D eigenvalue weighted by Crippen LogP contribution is 2.40. The second-order valence-electron chi connectivity index (χ2n) is 10.9. The highest BCUT2D eigenvalue weighted by molar-refractivity contribution is 5.68. The molecule has 0 radical (unpaired) electrons. The molecule has 224 valence electrons. The van der Waals surface area contributed by atoms with Crippen molar-refractivity contribution < 1.29 is 38.4 Å². The van der Waals surface area contributed by atoms with E-state index in [1.165, 1.54) is 4.90 Å². The van der Waals surface area contributed by atoms with E-state index in [0.29, 0.717) is 17.7 Å². The summed E-state index contributed by atoms with van der Waals surface area (Å²) in [7, 11) is 0. The zero-order valence-corrected chi connectivity index (χ0v) is 23.6. The number of halogens is 1. The fraction of sp³-hybridized carbons (Fsp3) is 0.367. The minimum absolute atomic E-state index is 0.0714. The third-order valence-corrected chi connectivity index (χ3v) is 6.72. The second-order valence-corrected chi connectivity index (χ2v) is 10.9. The van der Waals surface area contributed by atoms with Gasteiger partial charge >= 0.3 is 12.2 Å². The van der Waals surface area contributed by atoms with Crippen LogP contribution in [0.25, 0.3) is 0 Å². The summed E-state index contributed by atoms with van der Waals surface area (Å²) in [6, 6.07) is 17.4. The third-order valence-electron chi connectivity index (χ3n) is 6.72. The lowest BCUT2D eigenvalue weighted by Gasteiger charge is -2.35. The fourth-order valence-corrected chi connectivity index (χ4v) is 4.56. The van der Waals surface area contributed by atoms with Crippen LogP contribution in [0.5, 0.6) is 5.88 Å². The van der Waals surface area contributed by atoms with Gasteiger partial charge in [0.05, 0.1) is 6.20 Å². The number of aliphatic hydroxyl groups is 2. The van der Waals surface area contributed by atoms with Crippen LogP contribution in [0.15, 0.2) is 66.9 Å². The smallest absolute Gasteiger partial charge is 0.410 e. The first kappa shape index (κ1) is 30.7. The fourth-order valence-electron chi connectivity index (χ4n) is 4.56. The summed E-state index contributed by atoms with van der Waals surface area (Å²) in [6.07, 6.45) is -4.15. The van der Waals surface area contributed by atoms with Crippen molar-refractivity contribution >= 4 is 12.2 Å². The van der Waals surface area contributed by atoms with Gasteiger partial charge in [0.25, 0.3) is 0 Å². The molecule has 11 nitrogen and oxygen atoms in total. The standard InChI is InChI=1S/C30H35FN4O7/c1-30(2,3)35(15-19-9-5-4-6-10-19)29(39)41-18-22(17-40-28(32)38)42-25-20(13-21(31)14-33-25)16-34-26(36)23-11-7-8-12-24(23)27(34)37/h4-14,22,26-27,36-37H,15-18H2,1-3H3,(H2,32,38). The number of benzene rings is 2. The Balaban J connectivity index is 1.51. The number of amides is 2. The first-order valence-electron chi connectivity index (χ1n) is 13.4. The van der Waals surface area contributed by atoms with Gasteiger partial charge in [0, 0.05) is 35.3 Å². The van der Waals surface area contributed by atoms with E-state index in [1.807, 2.05) is 51.1 Å². The lowest BCUT2D eigenvalue weighted by atomic mass is 10.1. The quantitative estimate of drug-likeness (QED) is 0.323. The number of primary amides is 1. The minimum atomic E-state index is -1.16. The van der Waals surface area contributed by atoms with Crippen LogP contribution in [0.4, 0.5) is 14.0 Å². The number of aromatic nitrogens is 1. The van der Waals surface area contributed by atoms with Crippen molar-refractivity contribution in [3.8, 4) is 5.88 Å². The van der Waals surface area contributed by atoms with Crippen molar-refractivity contribution in [1.82, 2.24) is 14.8 Å². The maximum absolute atomic E-state index is 14.3. The first-order valence-corrected chi connectivity index (χ1v) is 13.4. The molecule has 1 aliphatic heterocycles. The van der Waals surface area contributed by atoms with Gasteiger partial charge in [0.15, 0.2) is 6.10 Å². The van der Waals surface area contributed by atoms with E-state index in [2.05, 4.69) is 4.98 Å². The van der Waals surface area contributed by atoms with Crippen molar-refractivity contribution in [3.05, 3.63) is 94.9 Å². The molecule has 1 aromatic heterocycles. The molecule has 3 unspecified atom stereocenters. The molecule has 0 bridgehead atoms. The van der Waals surface area contributed by atoms with Crippen LogP contribution in [0.3, 0.4) is 0 Å². The number of pyridine rings is 1. The van der Waals surface area contributed by atoms with Gasteiger partial charge in [-0.25, -0.2) is 23.9 Å². The number of carbonyl (C=O) groups is 2. The van der Waals surface area contributed by atoms with E-state index in [-0.39, 0.29) is 24.6 Å². The average molecular weight is 583 g/mol. The van der Waals surface area contributed by atoms with E-state index >= 15 is 0 Å². The van der Waals surface area contributed by atoms with Crippen molar-refractivity contribution in [3.63, 3.8) is 0 Å². The first-order chi connectivity index (χ1) is 19.9. The zero-order valence-electron chi connectivity index (χ0n) is 23.6. The van der Waals surface area contributed by atoms with Crippen LogP contribution in [0, 0.1) is 5.82 Å². The van der Waals surface area contributed by atoms with Gasteiger partial charge in [0.1, 0.15) is 31.5 Å². The Bertz CT molecular complexity index is 1360. The van der Waals surface area contributed by atoms with Crippen LogP contribution >= 0.6 is 0 Å². The molecule has 2 amide bonds. The lowest BCUT2D eigenvalue weighted by molar-refractivity contribution is -0.0908. The SMILES string of the molecule is CC(C)(C)N(Cc1ccccc1)C(=O)OCC(COC(N)=O)Oc1ncc(F)cc1CN1C(O)c2ccccc2C1O. The second kappa shape index (κ2) is 13.1. The molecule has 3 aromatic rings. The Morgan fingerprint density at radius 2 is 1.62 bits per heavy atom. The van der Waals surface area contributed by atoms with Gasteiger partial charge in [-0.15, -0.1) is 0 Å². The summed E-state index contributed by atoms with van der Waals surface area (Å²) in [6.45, 7) is 5.01. The van der Waals surface area contributed by atoms with Crippen molar-refractivity contribution in [2.24, 2.45) is 5.73 Å². The van der Waals surface area contributed by atoms with E-state index in [9.17, 15) is 24.2 Å². The summed E-state index contributed by atoms with van der Waals surface area (Å²) in [5, 5.41) is 21.6. The van der Waals surface area contributed by atoms with Crippen LogP contribution in [0.1, 0.15) is 55.5 Å². The number of carbonyl (C=O) groups excluding carboxylic acids is 2. The Morgan fingerprint density at radius 1 is 1.02 bits per heavy atom. The molecule has 1 aliphatic rings. The molecule has 0 spiro atoms. The molecule has 0 aliphatic carbocycles. The van der Waals surface area contributed by atoms with Crippen LogP contribution in [0.2, 0.25) is 0 Å². The number of hydrogen-bond donors (Lipinski definition) is 3. The molecule has 42 heavy (non-hydrogen) atoms. The predicted octanol–water partition coefficient (Wildman–Crippen LogP) is 4.00. The van der Waals surface area contributed by atoms with Gasteiger partial charge in [-0.2, -0.15) is 0 Å². The average Bonchev–Trinajstić information content (AvgIpc) is 3.19. The van der Waals surface area contributed by atoms with Crippen molar-refractivity contribution in [2.75, 3.05) is 13.2 Å². The van der Waals surface area contributed by atoms with Gasteiger partial charge in [-0.3, -0.25) is 4.90 Å². The molecular weight excluding hydrogens is 547 g/mol. The van der Waals surface area contributed by atoms with Crippen molar-refractivity contribution in [2.45, 2.75) is 58.0 Å². The van der Waals surface area contributed by atoms with E-state index in [1.54, 1.807) is 29.2 Å². The number of fused-ring (bicyclic) bond motifs is 1. The molecule has 4 rings (SSSR count). The Hall–Kier alpha value is -4.26. The van der Waals surface area contributed by atoms with Gasteiger partial charge in [-0.1, -0.05) is 54.6 Å². The van der Waals surface area contributed by atoms with Gasteiger partial charge < -0.3 is 30.2 Å². The maximum Gasteiger partial charge on any atom is 0.410 e. The zero-order chi connectivity index (χ0) is 30.4. The highest BCUT2D eigenvalue weighted by Gasteiger charge is 2.37. The summed E-state index contributed by atoms with van der Waals surface area (Å²) in [5.74, 6) is -0.742. The van der Waals surface area contributed by atoms with Crippen LogP contribution in [-0.2, 0) is 22.6 Å². The van der Waals surface area contributed by atoms with Crippen molar-refractivity contribution in [1.29, 1.82) is 0 Å². The Kier molecular flexibility index (Phi) is 9.61. The minimum Gasteiger partial charge on any atom is -0.467 e. The molecule has 2 heterocycles. The molecule has 12 heteroatoms. The summed E-state index contributed by atoms with van der Waals surface area (Å²) < 4.78 is 30.7. The molecule has 2 aromatic carbocycles. The highest BCUT2D eigenvalue weighted by atomic mass is 19.1. The number of aliphatic hydroxyl groups excluding tert-OH is 2. The topological polar surface area (TPSA) is 148 Å². The molecule has 0 saturated carbocycles. The number of nitrogens with zero attached hydrogens (tertiary/aromatic N) is 3. The van der Waals surface area contributed by atoms with E-state index in [4.69, 9.17) is 19.9 Å². The van der Waals surface area contributed by atoms with Gasteiger partial charge in [0.2, 0.25) is 5.88 Å². The molecule has 0 fully saturated rings. The maximum atomic E-state index is 14.3. The largest absolute Gasteiger partial charge is 0.467 e. The van der Waals surface area contributed by atoms with E-state index in [0.717, 1.165) is 17.8 Å². The summed E-state index contributed by atoms with van der Waals surface area (Å²) in [5.41, 5.74) is 6.71. The monoisotopic (exact) mass is 582 g/mol. The summed E-state index contributed by atoms with van der Waals surface area (Å²) in [4.78, 5) is 31.5. The molecule has 3 atom stereocenters. The normalized spacial score (nSPS) is 17.3. The predicted molar refractivity (Wildman–Crippen MR) is 149 cm³/mol. The van der Waals surface area contributed by atoms with Crippen LogP contribution in [-0.4, -0.2) is 62.0 Å². The third kappa shape index (κ3) is 7.52. The Labute approximate surface area is 243 Å². The van der Waals surface area contributed by atoms with E-state index < -0.39 is 48.7 Å². The molecule has 0 saturated heterocycles. The van der Waals surface area contributed by atoms with Crippen LogP contribution < -0.4 is 10.5 Å². The number of rotatable bonds is 10. The number of nitrogens with two attached hydrogens (primary N) is 1. The lowest BCUT2D eigenvalue weighted by Crippen LogP contribution is -2.46. The Morgan fingerprint density at radius 3 is 2.21 bits per heavy atom.